The maximum absolute atomic E-state index is 12.5. The number of aryl methyl sites for hydroxylation is 1. The fourth-order valence-electron chi connectivity index (χ4n) is 3.34. The van der Waals surface area contributed by atoms with Gasteiger partial charge in [-0.15, -0.1) is 0 Å². The number of rotatable bonds is 5. The Hall–Kier alpha value is -2.04. The Bertz CT molecular complexity index is 763. The topological polar surface area (TPSA) is 41.6 Å². The molecule has 1 aliphatic heterocycles. The number of methoxy groups -OCH3 is 1. The van der Waals surface area contributed by atoms with Crippen LogP contribution in [0.5, 0.6) is 5.75 Å². The van der Waals surface area contributed by atoms with Gasteiger partial charge >= 0.3 is 0 Å². The van der Waals surface area contributed by atoms with Crippen LogP contribution in [0.3, 0.4) is 0 Å². The Kier molecular flexibility index (Phi) is 5.61. The summed E-state index contributed by atoms with van der Waals surface area (Å²) in [5.74, 6) is 0.837. The number of amides is 1. The van der Waals surface area contributed by atoms with Crippen LogP contribution < -0.4 is 10.1 Å². The summed E-state index contributed by atoms with van der Waals surface area (Å²) in [6.07, 6.45) is 2.14. The van der Waals surface area contributed by atoms with Crippen molar-refractivity contribution in [3.63, 3.8) is 0 Å². The van der Waals surface area contributed by atoms with Crippen molar-refractivity contribution in [1.82, 2.24) is 4.90 Å². The molecule has 0 radical (unpaired) electrons. The average Bonchev–Trinajstić information content (AvgIpc) is 3.06. The van der Waals surface area contributed by atoms with E-state index in [9.17, 15) is 4.79 Å². The second-order valence-electron chi connectivity index (χ2n) is 6.41. The van der Waals surface area contributed by atoms with Gasteiger partial charge in [-0.25, -0.2) is 0 Å². The Morgan fingerprint density at radius 3 is 2.96 bits per heavy atom. The Balaban J connectivity index is 1.68. The fraction of sp³-hybridized carbons (Fsp3) is 0.350. The normalized spacial score (nSPS) is 17.5. The highest BCUT2D eigenvalue weighted by molar-refractivity contribution is 6.31. The molecule has 1 heterocycles. The van der Waals surface area contributed by atoms with Gasteiger partial charge in [0, 0.05) is 16.8 Å². The van der Waals surface area contributed by atoms with Crippen LogP contribution in [-0.4, -0.2) is 31.0 Å². The molecule has 0 saturated carbocycles. The van der Waals surface area contributed by atoms with Gasteiger partial charge in [0.1, 0.15) is 5.75 Å². The molecule has 3 rings (SSSR count). The van der Waals surface area contributed by atoms with Gasteiger partial charge in [-0.05, 0) is 61.7 Å². The predicted molar refractivity (Wildman–Crippen MR) is 101 cm³/mol. The van der Waals surface area contributed by atoms with Crippen molar-refractivity contribution in [2.75, 3.05) is 25.5 Å². The molecule has 5 heteroatoms. The zero-order valence-electron chi connectivity index (χ0n) is 14.6. The van der Waals surface area contributed by atoms with Crippen LogP contribution in [0.15, 0.2) is 42.5 Å². The second-order valence-corrected chi connectivity index (χ2v) is 6.85. The Morgan fingerprint density at radius 2 is 2.16 bits per heavy atom. The first-order valence-electron chi connectivity index (χ1n) is 8.51. The molecule has 0 aromatic heterocycles. The zero-order valence-corrected chi connectivity index (χ0v) is 15.3. The third-order valence-corrected chi connectivity index (χ3v) is 4.90. The van der Waals surface area contributed by atoms with Crippen molar-refractivity contribution < 1.29 is 9.53 Å². The highest BCUT2D eigenvalue weighted by atomic mass is 35.5. The summed E-state index contributed by atoms with van der Waals surface area (Å²) in [4.78, 5) is 14.7. The lowest BCUT2D eigenvalue weighted by Gasteiger charge is -2.24. The van der Waals surface area contributed by atoms with Gasteiger partial charge in [-0.1, -0.05) is 29.8 Å². The number of anilines is 1. The first kappa shape index (κ1) is 17.8. The van der Waals surface area contributed by atoms with Crippen LogP contribution >= 0.6 is 11.6 Å². The minimum atomic E-state index is -0.0137. The number of hydrogen-bond donors (Lipinski definition) is 1. The molecule has 2 aromatic rings. The summed E-state index contributed by atoms with van der Waals surface area (Å²) < 4.78 is 5.32. The highest BCUT2D eigenvalue weighted by Crippen LogP contribution is 2.33. The molecule has 1 atom stereocenters. The summed E-state index contributed by atoms with van der Waals surface area (Å²) in [6, 6.07) is 13.9. The monoisotopic (exact) mass is 358 g/mol. The fourth-order valence-corrected chi connectivity index (χ4v) is 3.52. The van der Waals surface area contributed by atoms with E-state index in [4.69, 9.17) is 16.3 Å². The van der Waals surface area contributed by atoms with Crippen molar-refractivity contribution in [1.29, 1.82) is 0 Å². The van der Waals surface area contributed by atoms with E-state index in [1.807, 2.05) is 31.2 Å². The lowest BCUT2D eigenvalue weighted by atomic mass is 10.0. The van der Waals surface area contributed by atoms with Crippen molar-refractivity contribution in [3.8, 4) is 5.75 Å². The van der Waals surface area contributed by atoms with E-state index in [1.54, 1.807) is 13.2 Å². The van der Waals surface area contributed by atoms with Crippen molar-refractivity contribution in [2.45, 2.75) is 25.8 Å². The number of ether oxygens (including phenoxy) is 1. The predicted octanol–water partition coefficient (Wildman–Crippen LogP) is 4.43. The summed E-state index contributed by atoms with van der Waals surface area (Å²) in [6.45, 7) is 3.25. The van der Waals surface area contributed by atoms with Crippen LogP contribution in [0.25, 0.3) is 0 Å². The molecule has 0 bridgehead atoms. The number of halogens is 1. The SMILES string of the molecule is COc1cccc(C2CCCN2CC(=O)Nc2cc(Cl)ccc2C)c1. The number of likely N-dealkylation sites (tertiary alicyclic amines) is 1. The van der Waals surface area contributed by atoms with Gasteiger partial charge in [0.2, 0.25) is 5.91 Å². The summed E-state index contributed by atoms with van der Waals surface area (Å²) >= 11 is 6.03. The van der Waals surface area contributed by atoms with Crippen LogP contribution in [0.4, 0.5) is 5.69 Å². The summed E-state index contributed by atoms with van der Waals surface area (Å²) in [5, 5.41) is 3.60. The number of hydrogen-bond acceptors (Lipinski definition) is 3. The molecule has 1 saturated heterocycles. The third-order valence-electron chi connectivity index (χ3n) is 4.66. The number of nitrogens with one attached hydrogen (secondary N) is 1. The minimum absolute atomic E-state index is 0.0137. The van der Waals surface area contributed by atoms with Gasteiger partial charge < -0.3 is 10.1 Å². The number of nitrogens with zero attached hydrogens (tertiary/aromatic N) is 1. The van der Waals surface area contributed by atoms with E-state index in [0.29, 0.717) is 11.6 Å². The second kappa shape index (κ2) is 7.89. The van der Waals surface area contributed by atoms with Crippen LogP contribution in [0.2, 0.25) is 5.02 Å². The zero-order chi connectivity index (χ0) is 17.8. The molecule has 1 amide bonds. The first-order chi connectivity index (χ1) is 12.1. The van der Waals surface area contributed by atoms with Crippen LogP contribution in [0, 0.1) is 6.92 Å². The molecule has 1 unspecified atom stereocenters. The lowest BCUT2D eigenvalue weighted by molar-refractivity contribution is -0.117. The van der Waals surface area contributed by atoms with Gasteiger partial charge in [-0.3, -0.25) is 9.69 Å². The number of carbonyl (C=O) groups is 1. The van der Waals surface area contributed by atoms with Gasteiger partial charge in [0.25, 0.3) is 0 Å². The highest BCUT2D eigenvalue weighted by Gasteiger charge is 2.27. The van der Waals surface area contributed by atoms with E-state index < -0.39 is 0 Å². The van der Waals surface area contributed by atoms with Crippen LogP contribution in [0.1, 0.15) is 30.0 Å². The minimum Gasteiger partial charge on any atom is -0.497 e. The van der Waals surface area contributed by atoms with E-state index in [-0.39, 0.29) is 11.9 Å². The van der Waals surface area contributed by atoms with E-state index in [1.165, 1.54) is 5.56 Å². The molecule has 0 spiro atoms. The van der Waals surface area contributed by atoms with Gasteiger partial charge in [0.05, 0.1) is 13.7 Å². The molecular weight excluding hydrogens is 336 g/mol. The lowest BCUT2D eigenvalue weighted by Crippen LogP contribution is -2.33. The van der Waals surface area contributed by atoms with Crippen molar-refractivity contribution >= 4 is 23.2 Å². The number of benzene rings is 2. The van der Waals surface area contributed by atoms with E-state index in [0.717, 1.165) is 36.4 Å². The third kappa shape index (κ3) is 4.33. The largest absolute Gasteiger partial charge is 0.497 e. The van der Waals surface area contributed by atoms with Crippen LogP contribution in [-0.2, 0) is 4.79 Å². The molecule has 1 N–H and O–H groups in total. The molecule has 1 aliphatic rings. The molecule has 25 heavy (non-hydrogen) atoms. The molecule has 2 aromatic carbocycles. The maximum atomic E-state index is 12.5. The van der Waals surface area contributed by atoms with E-state index in [2.05, 4.69) is 22.3 Å². The Labute approximate surface area is 153 Å². The number of carbonyl (C=O) groups excluding carboxylic acids is 1. The molecule has 0 aliphatic carbocycles. The van der Waals surface area contributed by atoms with Gasteiger partial charge in [0.15, 0.2) is 0 Å². The summed E-state index contributed by atoms with van der Waals surface area (Å²) in [7, 11) is 1.67. The van der Waals surface area contributed by atoms with Gasteiger partial charge in [-0.2, -0.15) is 0 Å². The van der Waals surface area contributed by atoms with Crippen molar-refractivity contribution in [3.05, 3.63) is 58.6 Å². The smallest absolute Gasteiger partial charge is 0.238 e. The maximum Gasteiger partial charge on any atom is 0.238 e. The Morgan fingerprint density at radius 1 is 1.32 bits per heavy atom. The quantitative estimate of drug-likeness (QED) is 0.859. The molecule has 1 fully saturated rings. The van der Waals surface area contributed by atoms with Crippen molar-refractivity contribution in [2.24, 2.45) is 0 Å². The molecular formula is C20H23ClN2O2. The molecule has 132 valence electrons. The van der Waals surface area contributed by atoms with E-state index >= 15 is 0 Å². The average molecular weight is 359 g/mol. The molecule has 4 nitrogen and oxygen atoms in total. The first-order valence-corrected chi connectivity index (χ1v) is 8.88. The summed E-state index contributed by atoms with van der Waals surface area (Å²) in [5.41, 5.74) is 2.97. The standard InChI is InChI=1S/C20H23ClN2O2/c1-14-8-9-16(21)12-18(14)22-20(24)13-23-10-4-7-19(23)15-5-3-6-17(11-15)25-2/h3,5-6,8-9,11-12,19H,4,7,10,13H2,1-2H3,(H,22,24).